The van der Waals surface area contributed by atoms with Crippen molar-refractivity contribution in [3.05, 3.63) is 77.6 Å². The number of aromatic amines is 1. The van der Waals surface area contributed by atoms with Crippen LogP contribution in [0.25, 0.3) is 22.2 Å². The van der Waals surface area contributed by atoms with E-state index in [2.05, 4.69) is 19.8 Å². The normalized spacial score (nSPS) is 17.5. The summed E-state index contributed by atoms with van der Waals surface area (Å²) >= 11 is 0. The lowest BCUT2D eigenvalue weighted by molar-refractivity contribution is -0.142. The highest BCUT2D eigenvalue weighted by Gasteiger charge is 2.33. The van der Waals surface area contributed by atoms with Crippen LogP contribution in [0.5, 0.6) is 0 Å². The lowest BCUT2D eigenvalue weighted by atomic mass is 9.99. The van der Waals surface area contributed by atoms with Crippen molar-refractivity contribution in [2.75, 3.05) is 68.6 Å². The number of halogens is 3. The fourth-order valence-electron chi connectivity index (χ4n) is 6.08. The minimum atomic E-state index is -4.34. The topological polar surface area (TPSA) is 148 Å². The number of anilines is 2. The number of carbonyl (C=O) groups is 2. The fraction of sp³-hybridized carbons (Fsp3) is 0.364. The number of fused-ring (bicyclic) bond motifs is 1. The van der Waals surface area contributed by atoms with Gasteiger partial charge in [-0.3, -0.25) is 14.4 Å². The van der Waals surface area contributed by atoms with Gasteiger partial charge < -0.3 is 19.7 Å². The molecule has 0 amide bonds. The van der Waals surface area contributed by atoms with Gasteiger partial charge in [0.1, 0.15) is 24.2 Å². The van der Waals surface area contributed by atoms with Gasteiger partial charge in [-0.05, 0) is 48.7 Å². The first-order valence-corrected chi connectivity index (χ1v) is 17.2. The summed E-state index contributed by atoms with van der Waals surface area (Å²) in [5.41, 5.74) is 1.22. The minimum Gasteiger partial charge on any atom is -0.480 e. The lowest BCUT2D eigenvalue weighted by Crippen LogP contribution is -2.46. The van der Waals surface area contributed by atoms with Gasteiger partial charge in [-0.1, -0.05) is 12.1 Å². The zero-order valence-electron chi connectivity index (χ0n) is 26.4. The molecule has 2 saturated heterocycles. The smallest absolute Gasteiger partial charge is 0.329 e. The Morgan fingerprint density at radius 2 is 1.80 bits per heavy atom. The third-order valence-electron chi connectivity index (χ3n) is 8.69. The van der Waals surface area contributed by atoms with E-state index in [0.29, 0.717) is 23.2 Å². The molecule has 49 heavy (non-hydrogen) atoms. The average molecular weight is 701 g/mol. The van der Waals surface area contributed by atoms with Crippen LogP contribution >= 0.6 is 0 Å². The zero-order valence-corrected chi connectivity index (χ0v) is 27.2. The number of piperazine rings is 1. The van der Waals surface area contributed by atoms with E-state index in [0.717, 1.165) is 66.8 Å². The van der Waals surface area contributed by atoms with E-state index in [4.69, 9.17) is 9.84 Å². The number of benzene rings is 2. The van der Waals surface area contributed by atoms with E-state index in [1.807, 2.05) is 29.0 Å². The molecule has 0 spiro atoms. The molecule has 4 aromatic rings. The van der Waals surface area contributed by atoms with Crippen molar-refractivity contribution in [3.63, 3.8) is 0 Å². The first-order chi connectivity index (χ1) is 23.5. The first-order valence-electron chi connectivity index (χ1n) is 15.8. The largest absolute Gasteiger partial charge is 0.480 e. The number of carbonyl (C=O) groups excluding carboxylic acids is 1. The molecule has 16 heteroatoms. The van der Waals surface area contributed by atoms with Crippen LogP contribution in [0.3, 0.4) is 0 Å². The molecule has 2 fully saturated rings. The van der Waals surface area contributed by atoms with E-state index in [1.165, 1.54) is 6.20 Å². The lowest BCUT2D eigenvalue weighted by Gasteiger charge is -2.36. The molecular formula is C33H35F3N6O6S. The molecule has 260 valence electrons. The number of nitrogens with zero attached hydrogens (tertiary/aromatic N) is 4. The van der Waals surface area contributed by atoms with Gasteiger partial charge in [-0.15, -0.1) is 0 Å². The summed E-state index contributed by atoms with van der Waals surface area (Å²) in [5, 5.41) is 8.99. The van der Waals surface area contributed by atoms with Gasteiger partial charge in [0.2, 0.25) is 5.78 Å². The number of aromatic nitrogens is 2. The number of ether oxygens (including phenoxy) is 1. The minimum absolute atomic E-state index is 0.00622. The maximum absolute atomic E-state index is 15.6. The molecule has 2 aliphatic heterocycles. The number of ketones is 1. The van der Waals surface area contributed by atoms with Crippen molar-refractivity contribution >= 4 is 44.4 Å². The second kappa shape index (κ2) is 14.5. The molecule has 4 heterocycles. The van der Waals surface area contributed by atoms with Gasteiger partial charge in [-0.25, -0.2) is 22.9 Å². The summed E-state index contributed by atoms with van der Waals surface area (Å²) in [6.07, 6.45) is 2.35. The number of aliphatic carboxylic acids is 1. The highest BCUT2D eigenvalue weighted by Crippen LogP contribution is 2.31. The van der Waals surface area contributed by atoms with E-state index < -0.39 is 51.0 Å². The predicted molar refractivity (Wildman–Crippen MR) is 177 cm³/mol. The van der Waals surface area contributed by atoms with Crippen LogP contribution in [0.4, 0.5) is 24.5 Å². The van der Waals surface area contributed by atoms with Crippen molar-refractivity contribution in [2.45, 2.75) is 19.0 Å². The number of rotatable bonds is 13. The number of hydrogen-bond acceptors (Lipinski definition) is 8. The Hall–Kier alpha value is -4.51. The molecule has 0 saturated carbocycles. The van der Waals surface area contributed by atoms with Crippen LogP contribution in [0.15, 0.2) is 54.9 Å². The molecule has 6 rings (SSSR count). The number of nitrogens with one attached hydrogen (secondary N) is 2. The van der Waals surface area contributed by atoms with E-state index in [1.54, 1.807) is 12.3 Å². The Morgan fingerprint density at radius 1 is 1.04 bits per heavy atom. The van der Waals surface area contributed by atoms with Crippen molar-refractivity contribution in [1.29, 1.82) is 0 Å². The van der Waals surface area contributed by atoms with Gasteiger partial charge in [0.15, 0.2) is 5.82 Å². The average Bonchev–Trinajstić information content (AvgIpc) is 3.73. The van der Waals surface area contributed by atoms with Crippen LogP contribution in [0, 0.1) is 11.6 Å². The molecular weight excluding hydrogens is 665 g/mol. The molecule has 2 aromatic heterocycles. The van der Waals surface area contributed by atoms with Crippen LogP contribution in [0.1, 0.15) is 28.8 Å². The summed E-state index contributed by atoms with van der Waals surface area (Å²) in [4.78, 5) is 36.0. The Morgan fingerprint density at radius 3 is 2.49 bits per heavy atom. The molecule has 2 aromatic carbocycles. The maximum Gasteiger partial charge on any atom is 0.329 e. The molecule has 2 aliphatic rings. The van der Waals surface area contributed by atoms with Crippen LogP contribution in [-0.4, -0.2) is 110 Å². The second-order valence-electron chi connectivity index (χ2n) is 12.0. The Bertz CT molecular complexity index is 1950. The number of carboxylic acids is 1. The Kier molecular flexibility index (Phi) is 10.2. The van der Waals surface area contributed by atoms with E-state index in [9.17, 15) is 26.8 Å². The number of H-pyrrole nitrogens is 1. The van der Waals surface area contributed by atoms with Crippen molar-refractivity contribution < 1.29 is 41.0 Å². The number of hydrogen-bond donors (Lipinski definition) is 3. The van der Waals surface area contributed by atoms with E-state index in [-0.39, 0.29) is 31.7 Å². The summed E-state index contributed by atoms with van der Waals surface area (Å²) in [5.74, 6) is -4.54. The quantitative estimate of drug-likeness (QED) is 0.139. The molecule has 12 nitrogen and oxygen atoms in total. The molecule has 1 atom stereocenters. The SMILES string of the molecule is O=C(O)COCCCN1CCN(c2ccc(-c3cnc4[nH]cc(C(=O)c5c(F)ccc(NS(=O)(=O)N6CCC(F)C6)c5F)c4c3)cc2)CC1. The first kappa shape index (κ1) is 34.4. The van der Waals surface area contributed by atoms with Crippen molar-refractivity contribution in [2.24, 2.45) is 0 Å². The standard InChI is InChI=1S/C33H35F3N6O6S/c34-23-8-10-42(19-23)49(46,47)39-28-7-6-27(35)30(31(28)36)32(45)26-18-38-33-25(26)16-22(17-37-33)21-2-4-24(5-3-21)41-13-11-40(12-14-41)9-1-15-48-20-29(43)44/h2-7,16-18,23,39H,1,8-15,19-20H2,(H,37,38)(H,43,44). The molecule has 1 unspecified atom stereocenters. The molecule has 0 bridgehead atoms. The van der Waals surface area contributed by atoms with Crippen molar-refractivity contribution in [1.82, 2.24) is 19.2 Å². The zero-order chi connectivity index (χ0) is 34.7. The van der Waals surface area contributed by atoms with Crippen LogP contribution < -0.4 is 9.62 Å². The third-order valence-corrected chi connectivity index (χ3v) is 10.2. The summed E-state index contributed by atoms with van der Waals surface area (Å²) in [7, 11) is -4.34. The van der Waals surface area contributed by atoms with Gasteiger partial charge in [0.05, 0.1) is 11.3 Å². The summed E-state index contributed by atoms with van der Waals surface area (Å²) in [6, 6.07) is 11.2. The van der Waals surface area contributed by atoms with Gasteiger partial charge >= 0.3 is 16.2 Å². The second-order valence-corrected chi connectivity index (χ2v) is 13.6. The fourth-order valence-corrected chi connectivity index (χ4v) is 7.35. The van der Waals surface area contributed by atoms with Crippen LogP contribution in [-0.2, 0) is 19.7 Å². The van der Waals surface area contributed by atoms with E-state index >= 15 is 4.39 Å². The maximum atomic E-state index is 15.6. The summed E-state index contributed by atoms with van der Waals surface area (Å²) in [6.45, 7) is 3.84. The molecule has 3 N–H and O–H groups in total. The Labute approximate surface area is 280 Å². The highest BCUT2D eigenvalue weighted by atomic mass is 32.2. The van der Waals surface area contributed by atoms with Crippen molar-refractivity contribution in [3.8, 4) is 11.1 Å². The molecule has 0 radical (unpaired) electrons. The summed E-state index contributed by atoms with van der Waals surface area (Å²) < 4.78 is 77.5. The number of carboxylic acid groups (broad SMARTS) is 1. The van der Waals surface area contributed by atoms with Gasteiger partial charge in [0.25, 0.3) is 0 Å². The van der Waals surface area contributed by atoms with Gasteiger partial charge in [-0.2, -0.15) is 12.7 Å². The predicted octanol–water partition coefficient (Wildman–Crippen LogP) is 4.05. The van der Waals surface area contributed by atoms with Crippen LogP contribution in [0.2, 0.25) is 0 Å². The number of alkyl halides is 1. The monoisotopic (exact) mass is 700 g/mol. The highest BCUT2D eigenvalue weighted by molar-refractivity contribution is 7.90. The number of pyridine rings is 1. The third kappa shape index (κ3) is 7.72. The Balaban J connectivity index is 1.14. The molecule has 0 aliphatic carbocycles. The van der Waals surface area contributed by atoms with Gasteiger partial charge in [0, 0.05) is 87.0 Å².